The average Bonchev–Trinajstić information content (AvgIpc) is 3.04. The molecule has 0 saturated carbocycles. The van der Waals surface area contributed by atoms with Crippen LogP contribution in [0.2, 0.25) is 0 Å². The number of anilines is 1. The van der Waals surface area contributed by atoms with Crippen LogP contribution in [0, 0.1) is 13.8 Å². The summed E-state index contributed by atoms with van der Waals surface area (Å²) in [6, 6.07) is 6.16. The number of benzene rings is 1. The predicted molar refractivity (Wildman–Crippen MR) is 103 cm³/mol. The van der Waals surface area contributed by atoms with E-state index in [1.54, 1.807) is 26.6 Å². The first kappa shape index (κ1) is 17.3. The number of methoxy groups -OCH3 is 2. The third kappa shape index (κ3) is 3.20. The van der Waals surface area contributed by atoms with Crippen molar-refractivity contribution in [3.8, 4) is 17.3 Å². The second kappa shape index (κ2) is 6.90. The van der Waals surface area contributed by atoms with Crippen LogP contribution in [0.1, 0.15) is 22.5 Å². The minimum absolute atomic E-state index is 0.733. The minimum atomic E-state index is 0.733. The van der Waals surface area contributed by atoms with Gasteiger partial charge in [0.1, 0.15) is 5.82 Å². The van der Waals surface area contributed by atoms with Crippen molar-refractivity contribution < 1.29 is 9.47 Å². The van der Waals surface area contributed by atoms with Crippen molar-refractivity contribution in [3.05, 3.63) is 53.1 Å². The molecule has 0 unspecified atom stereocenters. The Morgan fingerprint density at radius 1 is 0.926 bits per heavy atom. The van der Waals surface area contributed by atoms with Crippen molar-refractivity contribution >= 4 is 5.82 Å². The Labute approximate surface area is 158 Å². The highest BCUT2D eigenvalue weighted by Crippen LogP contribution is 2.34. The van der Waals surface area contributed by atoms with Gasteiger partial charge in [0.2, 0.25) is 0 Å². The molecule has 0 atom stereocenters. The van der Waals surface area contributed by atoms with Crippen molar-refractivity contribution in [2.75, 3.05) is 25.7 Å². The van der Waals surface area contributed by atoms with E-state index in [4.69, 9.17) is 14.5 Å². The Morgan fingerprint density at radius 3 is 2.30 bits per heavy atom. The highest BCUT2D eigenvalue weighted by atomic mass is 16.5. The van der Waals surface area contributed by atoms with Crippen LogP contribution in [0.15, 0.2) is 30.6 Å². The first-order valence-corrected chi connectivity index (χ1v) is 8.93. The summed E-state index contributed by atoms with van der Waals surface area (Å²) in [7, 11) is 3.33. The van der Waals surface area contributed by atoms with E-state index in [1.165, 1.54) is 11.1 Å². The Balaban J connectivity index is 1.64. The molecule has 0 amide bonds. The zero-order chi connectivity index (χ0) is 19.0. The normalized spacial score (nSPS) is 13.4. The lowest BCUT2D eigenvalue weighted by Crippen LogP contribution is -2.31. The van der Waals surface area contributed by atoms with E-state index in [1.807, 2.05) is 24.6 Å². The second-order valence-electron chi connectivity index (χ2n) is 6.72. The summed E-state index contributed by atoms with van der Waals surface area (Å²) in [5.41, 5.74) is 4.51. The fourth-order valence-electron chi connectivity index (χ4n) is 3.54. The molecule has 3 aromatic rings. The van der Waals surface area contributed by atoms with E-state index in [0.717, 1.165) is 54.0 Å². The quantitative estimate of drug-likeness (QED) is 0.708. The van der Waals surface area contributed by atoms with Gasteiger partial charge in [-0.3, -0.25) is 4.98 Å². The van der Waals surface area contributed by atoms with Gasteiger partial charge in [0, 0.05) is 18.8 Å². The van der Waals surface area contributed by atoms with Crippen LogP contribution >= 0.6 is 0 Å². The van der Waals surface area contributed by atoms with Gasteiger partial charge in [0.15, 0.2) is 17.3 Å². The summed E-state index contributed by atoms with van der Waals surface area (Å²) >= 11 is 0. The smallest absolute Gasteiger partial charge is 0.174 e. The van der Waals surface area contributed by atoms with Gasteiger partial charge >= 0.3 is 0 Å². The number of aryl methyl sites for hydroxylation is 2. The SMILES string of the molecule is COc1cc2c(cc1OC)CN(c1cncc(-n3nc(C)cc3C)n1)CC2. The molecule has 1 aliphatic heterocycles. The third-order valence-electron chi connectivity index (χ3n) is 4.88. The molecule has 1 aliphatic rings. The maximum Gasteiger partial charge on any atom is 0.174 e. The molecule has 0 spiro atoms. The van der Waals surface area contributed by atoms with Crippen molar-refractivity contribution in [1.29, 1.82) is 0 Å². The lowest BCUT2D eigenvalue weighted by molar-refractivity contribution is 0.353. The Bertz CT molecular complexity index is 982. The van der Waals surface area contributed by atoms with Gasteiger partial charge in [0.25, 0.3) is 0 Å². The molecule has 27 heavy (non-hydrogen) atoms. The van der Waals surface area contributed by atoms with Crippen molar-refractivity contribution in [2.24, 2.45) is 0 Å². The number of nitrogens with zero attached hydrogens (tertiary/aromatic N) is 5. The number of aromatic nitrogens is 4. The maximum atomic E-state index is 5.45. The molecule has 0 aliphatic carbocycles. The molecule has 0 radical (unpaired) electrons. The topological polar surface area (TPSA) is 65.3 Å². The van der Waals surface area contributed by atoms with Crippen LogP contribution in [0.4, 0.5) is 5.82 Å². The van der Waals surface area contributed by atoms with Crippen LogP contribution in [0.5, 0.6) is 11.5 Å². The van der Waals surface area contributed by atoms with Crippen molar-refractivity contribution in [2.45, 2.75) is 26.8 Å². The Hall–Kier alpha value is -3.09. The van der Waals surface area contributed by atoms with Crippen molar-refractivity contribution in [3.63, 3.8) is 0 Å². The van der Waals surface area contributed by atoms with Gasteiger partial charge in [-0.15, -0.1) is 0 Å². The first-order chi connectivity index (χ1) is 13.1. The molecule has 140 valence electrons. The summed E-state index contributed by atoms with van der Waals surface area (Å²) in [4.78, 5) is 11.4. The molecular weight excluding hydrogens is 342 g/mol. The Kier molecular flexibility index (Phi) is 4.43. The summed E-state index contributed by atoms with van der Waals surface area (Å²) in [5.74, 6) is 3.10. The summed E-state index contributed by atoms with van der Waals surface area (Å²) in [6.07, 6.45) is 4.47. The average molecular weight is 365 g/mol. The van der Waals surface area contributed by atoms with Crippen molar-refractivity contribution in [1.82, 2.24) is 19.7 Å². The second-order valence-corrected chi connectivity index (χ2v) is 6.72. The molecular formula is C20H23N5O2. The molecule has 0 N–H and O–H groups in total. The van der Waals surface area contributed by atoms with E-state index in [0.29, 0.717) is 0 Å². The standard InChI is InChI=1S/C20H23N5O2/c1-13-7-14(2)25(23-13)20-11-21-10-19(22-20)24-6-5-15-8-17(26-3)18(27-4)9-16(15)12-24/h7-11H,5-6,12H2,1-4H3. The lowest BCUT2D eigenvalue weighted by atomic mass is 9.99. The predicted octanol–water partition coefficient (Wildman–Crippen LogP) is 2.86. The van der Waals surface area contributed by atoms with Crippen LogP contribution < -0.4 is 14.4 Å². The number of rotatable bonds is 4. The van der Waals surface area contributed by atoms with Gasteiger partial charge in [-0.2, -0.15) is 5.10 Å². The highest BCUT2D eigenvalue weighted by molar-refractivity contribution is 5.52. The monoisotopic (exact) mass is 365 g/mol. The van der Waals surface area contributed by atoms with Gasteiger partial charge in [0.05, 0.1) is 32.3 Å². The van der Waals surface area contributed by atoms with E-state index in [9.17, 15) is 0 Å². The van der Waals surface area contributed by atoms with Gasteiger partial charge in [-0.25, -0.2) is 9.67 Å². The fourth-order valence-corrected chi connectivity index (χ4v) is 3.54. The molecule has 7 heteroatoms. The molecule has 0 fully saturated rings. The lowest BCUT2D eigenvalue weighted by Gasteiger charge is -2.30. The largest absolute Gasteiger partial charge is 0.493 e. The molecule has 7 nitrogen and oxygen atoms in total. The highest BCUT2D eigenvalue weighted by Gasteiger charge is 2.21. The molecule has 0 saturated heterocycles. The van der Waals surface area contributed by atoms with Gasteiger partial charge in [-0.05, 0) is 49.6 Å². The molecule has 1 aromatic carbocycles. The van der Waals surface area contributed by atoms with Crippen LogP contribution in [0.25, 0.3) is 5.82 Å². The number of ether oxygens (including phenoxy) is 2. The Morgan fingerprint density at radius 2 is 1.63 bits per heavy atom. The summed E-state index contributed by atoms with van der Waals surface area (Å²) < 4.78 is 12.7. The molecule has 3 heterocycles. The van der Waals surface area contributed by atoms with Gasteiger partial charge in [-0.1, -0.05) is 0 Å². The summed E-state index contributed by atoms with van der Waals surface area (Å²) in [5, 5.41) is 4.51. The number of hydrogen-bond acceptors (Lipinski definition) is 6. The third-order valence-corrected chi connectivity index (χ3v) is 4.88. The van der Waals surface area contributed by atoms with Gasteiger partial charge < -0.3 is 14.4 Å². The van der Waals surface area contributed by atoms with E-state index >= 15 is 0 Å². The molecule has 2 aromatic heterocycles. The zero-order valence-electron chi connectivity index (χ0n) is 16.1. The van der Waals surface area contributed by atoms with E-state index in [2.05, 4.69) is 27.1 Å². The summed E-state index contributed by atoms with van der Waals surface area (Å²) in [6.45, 7) is 5.62. The molecule has 0 bridgehead atoms. The van der Waals surface area contributed by atoms with Crippen LogP contribution in [-0.2, 0) is 13.0 Å². The zero-order valence-corrected chi connectivity index (χ0v) is 16.1. The van der Waals surface area contributed by atoms with Crippen LogP contribution in [-0.4, -0.2) is 40.5 Å². The van der Waals surface area contributed by atoms with E-state index < -0.39 is 0 Å². The molecule has 4 rings (SSSR count). The first-order valence-electron chi connectivity index (χ1n) is 8.93. The van der Waals surface area contributed by atoms with E-state index in [-0.39, 0.29) is 0 Å². The fraction of sp³-hybridized carbons (Fsp3) is 0.350. The number of fused-ring (bicyclic) bond motifs is 1. The number of hydrogen-bond donors (Lipinski definition) is 0. The minimum Gasteiger partial charge on any atom is -0.493 e. The maximum absolute atomic E-state index is 5.45. The van der Waals surface area contributed by atoms with Crippen LogP contribution in [0.3, 0.4) is 0 Å².